The minimum atomic E-state index is -3.69. The highest BCUT2D eigenvalue weighted by Crippen LogP contribution is 2.20. The van der Waals surface area contributed by atoms with Gasteiger partial charge in [0.05, 0.1) is 31.1 Å². The van der Waals surface area contributed by atoms with Crippen LogP contribution >= 0.6 is 0 Å². The predicted octanol–water partition coefficient (Wildman–Crippen LogP) is 0.513. The van der Waals surface area contributed by atoms with E-state index in [1.54, 1.807) is 0 Å². The van der Waals surface area contributed by atoms with Gasteiger partial charge in [-0.05, 0) is 18.2 Å². The highest BCUT2D eigenvalue weighted by atomic mass is 32.2. The number of aliphatic carboxylic acids is 1. The molecule has 2 rings (SSSR count). The number of carboxylic acids is 1. The molecule has 0 aliphatic carbocycles. The standard InChI is InChI=1S/C14H17FN2O6S/c1-24(21,22)16-12-6-9(2-3-11(12)15)14(20)17-4-5-23-10(8-17)7-13(18)19/h2-3,6,10,16H,4-5,7-8H2,1H3,(H,18,19). The van der Waals surface area contributed by atoms with E-state index in [9.17, 15) is 22.4 Å². The number of hydrogen-bond donors (Lipinski definition) is 2. The van der Waals surface area contributed by atoms with Gasteiger partial charge in [0.25, 0.3) is 5.91 Å². The van der Waals surface area contributed by atoms with Crippen molar-refractivity contribution >= 4 is 27.6 Å². The molecule has 1 aliphatic rings. The molecule has 0 saturated carbocycles. The van der Waals surface area contributed by atoms with Gasteiger partial charge in [0.1, 0.15) is 5.82 Å². The van der Waals surface area contributed by atoms with Crippen LogP contribution in [0.4, 0.5) is 10.1 Å². The molecule has 1 aliphatic heterocycles. The summed E-state index contributed by atoms with van der Waals surface area (Å²) in [7, 11) is -3.69. The number of sulfonamides is 1. The summed E-state index contributed by atoms with van der Waals surface area (Å²) >= 11 is 0. The number of carboxylic acid groups (broad SMARTS) is 1. The Labute approximate surface area is 138 Å². The van der Waals surface area contributed by atoms with Gasteiger partial charge in [0.15, 0.2) is 0 Å². The van der Waals surface area contributed by atoms with Crippen LogP contribution in [-0.4, -0.2) is 62.4 Å². The van der Waals surface area contributed by atoms with E-state index in [-0.39, 0.29) is 37.4 Å². The fourth-order valence-electron chi connectivity index (χ4n) is 2.34. The average Bonchev–Trinajstić information content (AvgIpc) is 2.47. The van der Waals surface area contributed by atoms with E-state index in [0.717, 1.165) is 18.4 Å². The third-order valence-electron chi connectivity index (χ3n) is 3.34. The van der Waals surface area contributed by atoms with Crippen LogP contribution in [0.5, 0.6) is 0 Å². The second-order valence-electron chi connectivity index (χ2n) is 5.41. The normalized spacial score (nSPS) is 18.2. The fourth-order valence-corrected chi connectivity index (χ4v) is 2.90. The van der Waals surface area contributed by atoms with Gasteiger partial charge in [-0.3, -0.25) is 14.3 Å². The van der Waals surface area contributed by atoms with E-state index in [1.807, 2.05) is 4.72 Å². The summed E-state index contributed by atoms with van der Waals surface area (Å²) in [6.45, 7) is 0.553. The number of rotatable bonds is 5. The van der Waals surface area contributed by atoms with Crippen LogP contribution in [0.15, 0.2) is 18.2 Å². The van der Waals surface area contributed by atoms with Crippen molar-refractivity contribution in [2.45, 2.75) is 12.5 Å². The molecular weight excluding hydrogens is 343 g/mol. The molecule has 24 heavy (non-hydrogen) atoms. The Bertz CT molecular complexity index is 752. The summed E-state index contributed by atoms with van der Waals surface area (Å²) in [6, 6.07) is 3.35. The summed E-state index contributed by atoms with van der Waals surface area (Å²) in [4.78, 5) is 24.6. The molecule has 1 saturated heterocycles. The number of amides is 1. The van der Waals surface area contributed by atoms with E-state index in [2.05, 4.69) is 0 Å². The third-order valence-corrected chi connectivity index (χ3v) is 3.93. The van der Waals surface area contributed by atoms with Gasteiger partial charge in [0.2, 0.25) is 10.0 Å². The maximum Gasteiger partial charge on any atom is 0.306 e. The van der Waals surface area contributed by atoms with Gasteiger partial charge in [0, 0.05) is 18.7 Å². The Balaban J connectivity index is 2.17. The maximum atomic E-state index is 13.7. The lowest BCUT2D eigenvalue weighted by molar-refractivity contribution is -0.141. The van der Waals surface area contributed by atoms with Crippen molar-refractivity contribution in [1.29, 1.82) is 0 Å². The van der Waals surface area contributed by atoms with E-state index < -0.39 is 33.8 Å². The molecule has 10 heteroatoms. The van der Waals surface area contributed by atoms with Crippen molar-refractivity contribution in [3.05, 3.63) is 29.6 Å². The number of halogens is 1. The Morgan fingerprint density at radius 1 is 1.46 bits per heavy atom. The largest absolute Gasteiger partial charge is 0.481 e. The van der Waals surface area contributed by atoms with E-state index in [0.29, 0.717) is 0 Å². The smallest absolute Gasteiger partial charge is 0.306 e. The Hall–Kier alpha value is -2.20. The monoisotopic (exact) mass is 360 g/mol. The molecule has 132 valence electrons. The predicted molar refractivity (Wildman–Crippen MR) is 82.8 cm³/mol. The summed E-state index contributed by atoms with van der Waals surface area (Å²) in [5.41, 5.74) is -0.225. The minimum Gasteiger partial charge on any atom is -0.481 e. The van der Waals surface area contributed by atoms with Crippen LogP contribution in [-0.2, 0) is 19.6 Å². The second kappa shape index (κ2) is 7.14. The number of nitrogens with one attached hydrogen (secondary N) is 1. The summed E-state index contributed by atoms with van der Waals surface area (Å²) in [5, 5.41) is 8.79. The first-order chi connectivity index (χ1) is 11.2. The first kappa shape index (κ1) is 18.1. The van der Waals surface area contributed by atoms with Crippen LogP contribution in [0, 0.1) is 5.82 Å². The van der Waals surface area contributed by atoms with Crippen molar-refractivity contribution in [3.8, 4) is 0 Å². The minimum absolute atomic E-state index is 0.0946. The molecule has 2 N–H and O–H groups in total. The van der Waals surface area contributed by atoms with Gasteiger partial charge in [-0.15, -0.1) is 0 Å². The van der Waals surface area contributed by atoms with E-state index in [1.165, 1.54) is 11.0 Å². The van der Waals surface area contributed by atoms with Crippen LogP contribution in [0.25, 0.3) is 0 Å². The highest BCUT2D eigenvalue weighted by molar-refractivity contribution is 7.92. The molecule has 8 nitrogen and oxygen atoms in total. The molecule has 1 fully saturated rings. The zero-order valence-electron chi connectivity index (χ0n) is 12.9. The molecule has 0 aromatic heterocycles. The van der Waals surface area contributed by atoms with E-state index in [4.69, 9.17) is 9.84 Å². The lowest BCUT2D eigenvalue weighted by atomic mass is 10.1. The van der Waals surface area contributed by atoms with Crippen molar-refractivity contribution in [3.63, 3.8) is 0 Å². The van der Waals surface area contributed by atoms with Crippen LogP contribution in [0.2, 0.25) is 0 Å². The highest BCUT2D eigenvalue weighted by Gasteiger charge is 2.27. The lowest BCUT2D eigenvalue weighted by Crippen LogP contribution is -2.46. The number of ether oxygens (including phenoxy) is 1. The molecule has 1 aromatic rings. The molecular formula is C14H17FN2O6S. The number of hydrogen-bond acceptors (Lipinski definition) is 5. The molecule has 1 heterocycles. The molecule has 0 bridgehead atoms. The number of morpholine rings is 1. The zero-order valence-corrected chi connectivity index (χ0v) is 13.7. The lowest BCUT2D eigenvalue weighted by Gasteiger charge is -2.32. The van der Waals surface area contributed by atoms with Crippen LogP contribution < -0.4 is 4.72 Å². The Kier molecular flexibility index (Phi) is 5.40. The number of carbonyl (C=O) groups excluding carboxylic acids is 1. The maximum absolute atomic E-state index is 13.7. The molecule has 1 amide bonds. The van der Waals surface area contributed by atoms with Crippen LogP contribution in [0.3, 0.4) is 0 Å². The Morgan fingerprint density at radius 3 is 2.79 bits per heavy atom. The third kappa shape index (κ3) is 4.90. The van der Waals surface area contributed by atoms with Crippen molar-refractivity contribution in [2.75, 3.05) is 30.7 Å². The number of benzene rings is 1. The fraction of sp³-hybridized carbons (Fsp3) is 0.429. The molecule has 0 spiro atoms. The van der Waals surface area contributed by atoms with Crippen LogP contribution in [0.1, 0.15) is 16.8 Å². The second-order valence-corrected chi connectivity index (χ2v) is 7.16. The van der Waals surface area contributed by atoms with E-state index >= 15 is 0 Å². The average molecular weight is 360 g/mol. The van der Waals surface area contributed by atoms with Crippen molar-refractivity contribution in [1.82, 2.24) is 4.90 Å². The van der Waals surface area contributed by atoms with Gasteiger partial charge >= 0.3 is 5.97 Å². The summed E-state index contributed by atoms with van der Waals surface area (Å²) in [6.07, 6.45) is 0.0299. The van der Waals surface area contributed by atoms with Gasteiger partial charge < -0.3 is 14.7 Å². The Morgan fingerprint density at radius 2 is 2.17 bits per heavy atom. The number of nitrogens with zero attached hydrogens (tertiary/aromatic N) is 1. The number of anilines is 1. The summed E-state index contributed by atoms with van der Waals surface area (Å²) < 4.78 is 43.4. The van der Waals surface area contributed by atoms with Crippen molar-refractivity contribution in [2.24, 2.45) is 0 Å². The first-order valence-corrected chi connectivity index (χ1v) is 8.95. The SMILES string of the molecule is CS(=O)(=O)Nc1cc(C(=O)N2CCOC(CC(=O)O)C2)ccc1F. The van der Waals surface area contributed by atoms with Gasteiger partial charge in [-0.1, -0.05) is 0 Å². The molecule has 1 aromatic carbocycles. The van der Waals surface area contributed by atoms with Gasteiger partial charge in [-0.2, -0.15) is 0 Å². The quantitative estimate of drug-likeness (QED) is 0.791. The number of carbonyl (C=O) groups is 2. The zero-order chi connectivity index (χ0) is 17.9. The molecule has 0 radical (unpaired) electrons. The summed E-state index contributed by atoms with van der Waals surface area (Å²) in [5.74, 6) is -2.29. The topological polar surface area (TPSA) is 113 Å². The molecule has 1 unspecified atom stereocenters. The van der Waals surface area contributed by atoms with Crippen molar-refractivity contribution < 1.29 is 32.2 Å². The first-order valence-electron chi connectivity index (χ1n) is 7.06. The van der Waals surface area contributed by atoms with Gasteiger partial charge in [-0.25, -0.2) is 12.8 Å². The molecule has 1 atom stereocenters.